The highest BCUT2D eigenvalue weighted by atomic mass is 35.5. The van der Waals surface area contributed by atoms with Gasteiger partial charge in [0.1, 0.15) is 6.17 Å². The van der Waals surface area contributed by atoms with Crippen molar-refractivity contribution in [2.75, 3.05) is 5.32 Å². The average Bonchev–Trinajstić information content (AvgIpc) is 2.67. The molecule has 0 fully saturated rings. The second kappa shape index (κ2) is 7.20. The SMILES string of the molecule is Cc1cc(=O)n2c(n1)NC(=NCc1ccc(Cl)cc1)N[C@H]2c1cccnc1. The maximum absolute atomic E-state index is 12.6. The monoisotopic (exact) mass is 380 g/mol. The molecule has 27 heavy (non-hydrogen) atoms. The molecular formula is C19H17ClN6O. The third kappa shape index (κ3) is 3.68. The first-order valence-electron chi connectivity index (χ1n) is 8.43. The largest absolute Gasteiger partial charge is 0.331 e. The molecule has 3 heterocycles. The summed E-state index contributed by atoms with van der Waals surface area (Å²) in [6.45, 7) is 2.25. The maximum Gasteiger partial charge on any atom is 0.257 e. The fraction of sp³-hybridized carbons (Fsp3) is 0.158. The molecule has 0 aliphatic carbocycles. The number of anilines is 1. The van der Waals surface area contributed by atoms with Crippen LogP contribution >= 0.6 is 11.6 Å². The summed E-state index contributed by atoms with van der Waals surface area (Å²) in [5, 5.41) is 7.05. The molecule has 0 unspecified atom stereocenters. The van der Waals surface area contributed by atoms with Gasteiger partial charge < -0.3 is 5.32 Å². The van der Waals surface area contributed by atoms with Crippen LogP contribution in [0.15, 0.2) is 64.6 Å². The normalized spacial score (nSPS) is 17.1. The van der Waals surface area contributed by atoms with Crippen molar-refractivity contribution in [3.05, 3.63) is 87.1 Å². The molecule has 136 valence electrons. The molecule has 1 atom stereocenters. The zero-order valence-electron chi connectivity index (χ0n) is 14.6. The average molecular weight is 381 g/mol. The molecule has 3 aromatic rings. The molecule has 0 spiro atoms. The minimum Gasteiger partial charge on any atom is -0.331 e. The van der Waals surface area contributed by atoms with E-state index in [0.29, 0.717) is 29.2 Å². The Labute approximate surface area is 160 Å². The molecule has 0 saturated heterocycles. The third-order valence-corrected chi connectivity index (χ3v) is 4.43. The molecule has 2 N–H and O–H groups in total. The number of nitrogens with zero attached hydrogens (tertiary/aromatic N) is 4. The topological polar surface area (TPSA) is 84.2 Å². The van der Waals surface area contributed by atoms with Crippen LogP contribution in [-0.4, -0.2) is 20.5 Å². The Balaban J connectivity index is 1.71. The summed E-state index contributed by atoms with van der Waals surface area (Å²) in [6, 6.07) is 12.8. The van der Waals surface area contributed by atoms with Crippen LogP contribution in [0.4, 0.5) is 5.95 Å². The summed E-state index contributed by atoms with van der Waals surface area (Å²) in [5.74, 6) is 0.985. The van der Waals surface area contributed by atoms with Crippen molar-refractivity contribution in [3.8, 4) is 0 Å². The Morgan fingerprint density at radius 2 is 2.07 bits per heavy atom. The number of benzene rings is 1. The van der Waals surface area contributed by atoms with Crippen LogP contribution < -0.4 is 16.2 Å². The molecule has 1 aliphatic rings. The first-order valence-corrected chi connectivity index (χ1v) is 8.80. The number of halogens is 1. The van der Waals surface area contributed by atoms with E-state index >= 15 is 0 Å². The van der Waals surface area contributed by atoms with E-state index in [4.69, 9.17) is 11.6 Å². The Morgan fingerprint density at radius 1 is 1.26 bits per heavy atom. The fourth-order valence-electron chi connectivity index (χ4n) is 2.89. The molecule has 7 nitrogen and oxygen atoms in total. The van der Waals surface area contributed by atoms with Crippen LogP contribution in [0.25, 0.3) is 0 Å². The summed E-state index contributed by atoms with van der Waals surface area (Å²) in [6.07, 6.45) is 2.96. The van der Waals surface area contributed by atoms with E-state index in [0.717, 1.165) is 11.1 Å². The van der Waals surface area contributed by atoms with Crippen LogP contribution in [0.1, 0.15) is 23.0 Å². The summed E-state index contributed by atoms with van der Waals surface area (Å²) in [4.78, 5) is 25.8. The van der Waals surface area contributed by atoms with E-state index in [1.807, 2.05) is 36.4 Å². The number of aryl methyl sites for hydroxylation is 1. The lowest BCUT2D eigenvalue weighted by atomic mass is 10.2. The Morgan fingerprint density at radius 3 is 2.81 bits per heavy atom. The molecule has 2 aromatic heterocycles. The first kappa shape index (κ1) is 17.2. The van der Waals surface area contributed by atoms with E-state index in [9.17, 15) is 4.79 Å². The second-order valence-corrected chi connectivity index (χ2v) is 6.62. The van der Waals surface area contributed by atoms with Crippen molar-refractivity contribution >= 4 is 23.5 Å². The minimum absolute atomic E-state index is 0.150. The first-order chi connectivity index (χ1) is 13.1. The molecule has 1 aromatic carbocycles. The molecule has 0 amide bonds. The maximum atomic E-state index is 12.6. The van der Waals surface area contributed by atoms with Gasteiger partial charge in [-0.3, -0.25) is 19.7 Å². The second-order valence-electron chi connectivity index (χ2n) is 6.18. The van der Waals surface area contributed by atoms with Gasteiger partial charge in [0.2, 0.25) is 5.95 Å². The lowest BCUT2D eigenvalue weighted by Crippen LogP contribution is -2.48. The highest BCUT2D eigenvalue weighted by molar-refractivity contribution is 6.30. The van der Waals surface area contributed by atoms with Crippen molar-refractivity contribution in [3.63, 3.8) is 0 Å². The number of pyridine rings is 1. The number of aliphatic imine (C=N–C) groups is 1. The number of nitrogens with one attached hydrogen (secondary N) is 2. The standard InChI is InChI=1S/C19H17ClN6O/c1-12-9-16(27)26-17(14-3-2-8-21-11-14)24-18(25-19(26)23-12)22-10-13-4-6-15(20)7-5-13/h2-9,11,17H,10H2,1H3,(H2,22,23,24,25)/t17-/m1/s1. The number of aromatic nitrogens is 3. The lowest BCUT2D eigenvalue weighted by Gasteiger charge is -2.30. The van der Waals surface area contributed by atoms with Gasteiger partial charge in [0.05, 0.1) is 6.54 Å². The van der Waals surface area contributed by atoms with Gasteiger partial charge >= 0.3 is 0 Å². The number of guanidine groups is 1. The number of hydrogen-bond donors (Lipinski definition) is 2. The summed E-state index contributed by atoms with van der Waals surface area (Å²) in [7, 11) is 0. The molecule has 0 bridgehead atoms. The molecule has 4 rings (SSSR count). The Kier molecular flexibility index (Phi) is 4.60. The van der Waals surface area contributed by atoms with Crippen LogP contribution in [0.2, 0.25) is 5.02 Å². The van der Waals surface area contributed by atoms with Gasteiger partial charge in [0.25, 0.3) is 5.56 Å². The van der Waals surface area contributed by atoms with Crippen LogP contribution in [0.5, 0.6) is 0 Å². The number of hydrogen-bond acceptors (Lipinski definition) is 4. The van der Waals surface area contributed by atoms with E-state index in [1.54, 1.807) is 23.9 Å². The molecule has 8 heteroatoms. The molecular weight excluding hydrogens is 364 g/mol. The van der Waals surface area contributed by atoms with Crippen LogP contribution in [0.3, 0.4) is 0 Å². The highest BCUT2D eigenvalue weighted by Crippen LogP contribution is 2.21. The van der Waals surface area contributed by atoms with E-state index in [-0.39, 0.29) is 5.56 Å². The molecule has 0 radical (unpaired) electrons. The van der Waals surface area contributed by atoms with Crippen molar-refractivity contribution in [2.24, 2.45) is 4.99 Å². The van der Waals surface area contributed by atoms with Gasteiger partial charge in [-0.2, -0.15) is 0 Å². The smallest absolute Gasteiger partial charge is 0.257 e. The summed E-state index contributed by atoms with van der Waals surface area (Å²) in [5.41, 5.74) is 2.35. The Bertz CT molecular complexity index is 1050. The van der Waals surface area contributed by atoms with Crippen LogP contribution in [-0.2, 0) is 6.54 Å². The summed E-state index contributed by atoms with van der Waals surface area (Å²) < 4.78 is 1.56. The highest BCUT2D eigenvalue weighted by Gasteiger charge is 2.26. The predicted octanol–water partition coefficient (Wildman–Crippen LogP) is 2.72. The van der Waals surface area contributed by atoms with Crippen molar-refractivity contribution in [1.82, 2.24) is 19.9 Å². The van der Waals surface area contributed by atoms with Gasteiger partial charge in [-0.1, -0.05) is 29.8 Å². The Hall–Kier alpha value is -3.19. The number of fused-ring (bicyclic) bond motifs is 1. The quantitative estimate of drug-likeness (QED) is 0.729. The number of rotatable bonds is 3. The van der Waals surface area contributed by atoms with Gasteiger partial charge in [-0.05, 0) is 30.7 Å². The zero-order valence-corrected chi connectivity index (χ0v) is 15.3. The van der Waals surface area contributed by atoms with Crippen molar-refractivity contribution < 1.29 is 0 Å². The fourth-order valence-corrected chi connectivity index (χ4v) is 3.02. The van der Waals surface area contributed by atoms with E-state index in [2.05, 4.69) is 25.6 Å². The molecule has 1 aliphatic heterocycles. The third-order valence-electron chi connectivity index (χ3n) is 4.18. The predicted molar refractivity (Wildman–Crippen MR) is 105 cm³/mol. The van der Waals surface area contributed by atoms with Crippen molar-refractivity contribution in [2.45, 2.75) is 19.6 Å². The summed E-state index contributed by atoms with van der Waals surface area (Å²) >= 11 is 5.93. The van der Waals surface area contributed by atoms with Gasteiger partial charge in [0, 0.05) is 34.7 Å². The molecule has 0 saturated carbocycles. The minimum atomic E-state index is -0.445. The van der Waals surface area contributed by atoms with E-state index in [1.165, 1.54) is 6.07 Å². The van der Waals surface area contributed by atoms with Gasteiger partial charge in [0.15, 0.2) is 5.96 Å². The zero-order chi connectivity index (χ0) is 18.8. The lowest BCUT2D eigenvalue weighted by molar-refractivity contribution is 0.513. The van der Waals surface area contributed by atoms with Crippen LogP contribution in [0, 0.1) is 6.92 Å². The van der Waals surface area contributed by atoms with Crippen molar-refractivity contribution in [1.29, 1.82) is 0 Å². The van der Waals surface area contributed by atoms with E-state index < -0.39 is 6.17 Å². The van der Waals surface area contributed by atoms with Gasteiger partial charge in [-0.25, -0.2) is 9.98 Å². The van der Waals surface area contributed by atoms with Gasteiger partial charge in [-0.15, -0.1) is 0 Å².